The molecule has 2 aromatic heterocycles. The summed E-state index contributed by atoms with van der Waals surface area (Å²) in [4.78, 5) is 4.06. The van der Waals surface area contributed by atoms with Gasteiger partial charge >= 0.3 is 0 Å². The smallest absolute Gasteiger partial charge is 0.0342 e. The Kier molecular flexibility index (Phi) is 6.01. The molecule has 0 saturated heterocycles. The van der Waals surface area contributed by atoms with Crippen LogP contribution in [0.2, 0.25) is 0 Å². The number of pyridine rings is 1. The van der Waals surface area contributed by atoms with E-state index < -0.39 is 0 Å². The summed E-state index contributed by atoms with van der Waals surface area (Å²) in [5.41, 5.74) is 2.73. The Labute approximate surface area is 127 Å². The van der Waals surface area contributed by atoms with E-state index in [-0.39, 0.29) is 0 Å². The fourth-order valence-corrected chi connectivity index (χ4v) is 3.71. The lowest BCUT2D eigenvalue weighted by atomic mass is 10.0. The van der Waals surface area contributed by atoms with Crippen LogP contribution in [0, 0.1) is 0 Å². The van der Waals surface area contributed by atoms with Crippen LogP contribution in [-0.4, -0.2) is 11.5 Å². The normalized spacial score (nSPS) is 12.5. The van der Waals surface area contributed by atoms with Gasteiger partial charge in [-0.25, -0.2) is 0 Å². The predicted molar refractivity (Wildman–Crippen MR) is 85.6 cm³/mol. The molecule has 2 aromatic rings. The molecule has 0 aromatic carbocycles. The molecule has 0 fully saturated rings. The van der Waals surface area contributed by atoms with E-state index in [1.54, 1.807) is 11.3 Å². The maximum atomic E-state index is 4.06. The number of thiophene rings is 1. The van der Waals surface area contributed by atoms with E-state index in [1.165, 1.54) is 15.6 Å². The van der Waals surface area contributed by atoms with Crippen molar-refractivity contribution in [1.29, 1.82) is 0 Å². The lowest BCUT2D eigenvalue weighted by Gasteiger charge is -2.18. The minimum Gasteiger partial charge on any atom is -0.310 e. The van der Waals surface area contributed by atoms with E-state index in [2.05, 4.69) is 56.0 Å². The van der Waals surface area contributed by atoms with Gasteiger partial charge in [0, 0.05) is 28.3 Å². The van der Waals surface area contributed by atoms with E-state index in [4.69, 9.17) is 0 Å². The summed E-state index contributed by atoms with van der Waals surface area (Å²) in [6, 6.07) is 4.62. The van der Waals surface area contributed by atoms with E-state index in [0.29, 0.717) is 6.04 Å². The zero-order valence-corrected chi connectivity index (χ0v) is 13.5. The summed E-state index contributed by atoms with van der Waals surface area (Å²) < 4.78 is 1.22. The topological polar surface area (TPSA) is 24.9 Å². The molecule has 0 amide bonds. The molecule has 2 rings (SSSR count). The van der Waals surface area contributed by atoms with Crippen molar-refractivity contribution in [3.8, 4) is 0 Å². The van der Waals surface area contributed by atoms with E-state index >= 15 is 0 Å². The number of aryl methyl sites for hydroxylation is 1. The Morgan fingerprint density at radius 1 is 1.32 bits per heavy atom. The van der Waals surface area contributed by atoms with Crippen LogP contribution in [0.3, 0.4) is 0 Å². The van der Waals surface area contributed by atoms with Crippen LogP contribution in [0.15, 0.2) is 39.8 Å². The highest BCUT2D eigenvalue weighted by molar-refractivity contribution is 9.10. The van der Waals surface area contributed by atoms with Crippen LogP contribution >= 0.6 is 27.3 Å². The summed E-state index contributed by atoms with van der Waals surface area (Å²) >= 11 is 5.40. The Morgan fingerprint density at radius 3 is 2.74 bits per heavy atom. The van der Waals surface area contributed by atoms with Crippen LogP contribution in [0.4, 0.5) is 0 Å². The van der Waals surface area contributed by atoms with Gasteiger partial charge in [0.15, 0.2) is 0 Å². The standard InChI is InChI=1S/C15H19BrN2S/c1-2-7-18-15(13-10-19-11-14(13)16)4-3-12-5-8-17-9-6-12/h5-6,8-11,15,18H,2-4,7H2,1H3. The van der Waals surface area contributed by atoms with Crippen LogP contribution in [0.25, 0.3) is 0 Å². The van der Waals surface area contributed by atoms with Crippen LogP contribution in [0.5, 0.6) is 0 Å². The highest BCUT2D eigenvalue weighted by atomic mass is 79.9. The van der Waals surface area contributed by atoms with Crippen molar-refractivity contribution in [1.82, 2.24) is 10.3 Å². The fourth-order valence-electron chi connectivity index (χ4n) is 2.09. The van der Waals surface area contributed by atoms with Crippen molar-refractivity contribution in [3.05, 3.63) is 50.9 Å². The summed E-state index contributed by atoms with van der Waals surface area (Å²) in [5.74, 6) is 0. The van der Waals surface area contributed by atoms with Crippen molar-refractivity contribution < 1.29 is 0 Å². The fraction of sp³-hybridized carbons (Fsp3) is 0.400. The van der Waals surface area contributed by atoms with E-state index in [1.807, 2.05) is 12.4 Å². The maximum absolute atomic E-state index is 4.06. The third-order valence-electron chi connectivity index (χ3n) is 3.13. The largest absolute Gasteiger partial charge is 0.310 e. The Balaban J connectivity index is 2.00. The highest BCUT2D eigenvalue weighted by Gasteiger charge is 2.14. The molecule has 0 bridgehead atoms. The van der Waals surface area contributed by atoms with Crippen molar-refractivity contribution >= 4 is 27.3 Å². The van der Waals surface area contributed by atoms with Gasteiger partial charge in [-0.1, -0.05) is 6.92 Å². The van der Waals surface area contributed by atoms with Gasteiger partial charge < -0.3 is 5.32 Å². The number of aromatic nitrogens is 1. The molecule has 2 nitrogen and oxygen atoms in total. The first-order chi connectivity index (χ1) is 9.31. The van der Waals surface area contributed by atoms with Crippen LogP contribution < -0.4 is 5.32 Å². The first kappa shape index (κ1) is 14.7. The lowest BCUT2D eigenvalue weighted by Crippen LogP contribution is -2.22. The van der Waals surface area contributed by atoms with Gasteiger partial charge in [0.1, 0.15) is 0 Å². The molecule has 1 N–H and O–H groups in total. The molecule has 0 aliphatic rings. The molecular weight excluding hydrogens is 320 g/mol. The summed E-state index contributed by atoms with van der Waals surface area (Å²) in [7, 11) is 0. The van der Waals surface area contributed by atoms with Gasteiger partial charge in [-0.3, -0.25) is 4.98 Å². The third-order valence-corrected chi connectivity index (χ3v) is 4.88. The number of rotatable bonds is 7. The van der Waals surface area contributed by atoms with Gasteiger partial charge in [-0.2, -0.15) is 11.3 Å². The molecule has 4 heteroatoms. The molecule has 0 aliphatic carbocycles. The quantitative estimate of drug-likeness (QED) is 0.799. The average Bonchev–Trinajstić information content (AvgIpc) is 2.86. The van der Waals surface area contributed by atoms with Gasteiger partial charge in [-0.05, 0) is 70.4 Å². The minimum absolute atomic E-state index is 0.425. The SMILES string of the molecule is CCCNC(CCc1ccncc1)c1cscc1Br. The predicted octanol–water partition coefficient (Wildman–Crippen LogP) is 4.58. The Hall–Kier alpha value is -0.710. The van der Waals surface area contributed by atoms with Crippen molar-refractivity contribution in [2.45, 2.75) is 32.2 Å². The molecule has 19 heavy (non-hydrogen) atoms. The number of nitrogens with one attached hydrogen (secondary N) is 1. The zero-order valence-electron chi connectivity index (χ0n) is 11.1. The highest BCUT2D eigenvalue weighted by Crippen LogP contribution is 2.30. The first-order valence-electron chi connectivity index (χ1n) is 6.65. The van der Waals surface area contributed by atoms with Gasteiger partial charge in [0.2, 0.25) is 0 Å². The number of hydrogen-bond acceptors (Lipinski definition) is 3. The first-order valence-corrected chi connectivity index (χ1v) is 8.38. The van der Waals surface area contributed by atoms with Crippen molar-refractivity contribution in [2.24, 2.45) is 0 Å². The molecular formula is C15H19BrN2S. The molecule has 102 valence electrons. The maximum Gasteiger partial charge on any atom is 0.0342 e. The van der Waals surface area contributed by atoms with E-state index in [9.17, 15) is 0 Å². The van der Waals surface area contributed by atoms with Crippen molar-refractivity contribution in [2.75, 3.05) is 6.54 Å². The second-order valence-corrected chi connectivity index (χ2v) is 6.17. The molecule has 1 unspecified atom stereocenters. The average molecular weight is 339 g/mol. The summed E-state index contributed by atoms with van der Waals surface area (Å²) in [6.45, 7) is 3.26. The molecule has 0 radical (unpaired) electrons. The molecule has 2 heterocycles. The van der Waals surface area contributed by atoms with Crippen LogP contribution in [0.1, 0.15) is 36.9 Å². The van der Waals surface area contributed by atoms with Crippen LogP contribution in [-0.2, 0) is 6.42 Å². The van der Waals surface area contributed by atoms with Gasteiger partial charge in [-0.15, -0.1) is 0 Å². The van der Waals surface area contributed by atoms with Gasteiger partial charge in [0.25, 0.3) is 0 Å². The zero-order chi connectivity index (χ0) is 13.5. The number of nitrogens with zero attached hydrogens (tertiary/aromatic N) is 1. The van der Waals surface area contributed by atoms with Gasteiger partial charge in [0.05, 0.1) is 0 Å². The Bertz CT molecular complexity index is 484. The molecule has 1 atom stereocenters. The van der Waals surface area contributed by atoms with Crippen molar-refractivity contribution in [3.63, 3.8) is 0 Å². The summed E-state index contributed by atoms with van der Waals surface area (Å²) in [6.07, 6.45) is 7.08. The monoisotopic (exact) mass is 338 g/mol. The minimum atomic E-state index is 0.425. The second kappa shape index (κ2) is 7.78. The lowest BCUT2D eigenvalue weighted by molar-refractivity contribution is 0.499. The number of halogens is 1. The Morgan fingerprint density at radius 2 is 2.11 bits per heavy atom. The third kappa shape index (κ3) is 4.41. The molecule has 0 saturated carbocycles. The second-order valence-electron chi connectivity index (χ2n) is 4.58. The molecule has 0 aliphatic heterocycles. The van der Waals surface area contributed by atoms with E-state index in [0.717, 1.165) is 25.8 Å². The summed E-state index contributed by atoms with van der Waals surface area (Å²) in [5, 5.41) is 8.04. The molecule has 0 spiro atoms. The number of hydrogen-bond donors (Lipinski definition) is 1.